The zero-order valence-electron chi connectivity index (χ0n) is 18.4. The van der Waals surface area contributed by atoms with Crippen LogP contribution in [0.5, 0.6) is 23.0 Å². The first-order chi connectivity index (χ1) is 15.9. The van der Waals surface area contributed by atoms with Crippen molar-refractivity contribution in [2.24, 2.45) is 0 Å². The Morgan fingerprint density at radius 2 is 1.48 bits per heavy atom. The highest BCUT2D eigenvalue weighted by Crippen LogP contribution is 2.28. The van der Waals surface area contributed by atoms with Gasteiger partial charge in [0.2, 0.25) is 0 Å². The summed E-state index contributed by atoms with van der Waals surface area (Å²) >= 11 is 0. The molecule has 3 aromatic carbocycles. The Balaban J connectivity index is 1.92. The van der Waals surface area contributed by atoms with Gasteiger partial charge in [-0.3, -0.25) is 9.59 Å². The van der Waals surface area contributed by atoms with Crippen LogP contribution in [0.15, 0.2) is 72.4 Å². The van der Waals surface area contributed by atoms with E-state index in [2.05, 4.69) is 10.6 Å². The van der Waals surface area contributed by atoms with E-state index in [0.29, 0.717) is 34.1 Å². The molecule has 3 N–H and O–H groups in total. The van der Waals surface area contributed by atoms with E-state index in [1.165, 1.54) is 39.5 Å². The van der Waals surface area contributed by atoms with Crippen molar-refractivity contribution in [2.45, 2.75) is 0 Å². The van der Waals surface area contributed by atoms with Crippen LogP contribution in [0, 0.1) is 0 Å². The minimum absolute atomic E-state index is 0.0103. The lowest BCUT2D eigenvalue weighted by atomic mass is 10.1. The predicted molar refractivity (Wildman–Crippen MR) is 125 cm³/mol. The minimum Gasteiger partial charge on any atom is -0.508 e. The number of nitrogens with one attached hydrogen (secondary N) is 2. The smallest absolute Gasteiger partial charge is 0.272 e. The summed E-state index contributed by atoms with van der Waals surface area (Å²) in [4.78, 5) is 25.8. The molecule has 0 spiro atoms. The normalized spacial score (nSPS) is 10.8. The summed E-state index contributed by atoms with van der Waals surface area (Å²) in [5.41, 5.74) is 1.43. The number of carbonyl (C=O) groups is 2. The molecule has 0 aliphatic carbocycles. The molecule has 0 heterocycles. The number of phenolic OH excluding ortho intramolecular Hbond substituents is 1. The second-order valence-electron chi connectivity index (χ2n) is 6.86. The van der Waals surface area contributed by atoms with Crippen LogP contribution in [0.25, 0.3) is 6.08 Å². The number of phenols is 1. The van der Waals surface area contributed by atoms with Crippen molar-refractivity contribution in [1.29, 1.82) is 0 Å². The van der Waals surface area contributed by atoms with Crippen molar-refractivity contribution in [3.05, 3.63) is 83.6 Å². The molecule has 0 radical (unpaired) electrons. The summed E-state index contributed by atoms with van der Waals surface area (Å²) in [6, 6.07) is 17.6. The van der Waals surface area contributed by atoms with Crippen molar-refractivity contribution in [3.63, 3.8) is 0 Å². The molecule has 0 aliphatic rings. The SMILES string of the molecule is COc1ccc(C(=O)N/C(=C\c2ccc(OC)c(OC)c2)C(=O)Nc2ccc(O)cc2)cc1. The molecular formula is C25H24N2O6. The van der Waals surface area contributed by atoms with Crippen LogP contribution in [-0.2, 0) is 4.79 Å². The number of rotatable bonds is 8. The molecule has 8 nitrogen and oxygen atoms in total. The third kappa shape index (κ3) is 6.04. The summed E-state index contributed by atoms with van der Waals surface area (Å²) in [5, 5.41) is 14.8. The molecule has 33 heavy (non-hydrogen) atoms. The molecule has 0 saturated carbocycles. The summed E-state index contributed by atoms with van der Waals surface area (Å²) in [7, 11) is 4.57. The topological polar surface area (TPSA) is 106 Å². The molecule has 3 rings (SSSR count). The van der Waals surface area contributed by atoms with E-state index in [9.17, 15) is 14.7 Å². The first kappa shape index (κ1) is 23.2. The second kappa shape index (κ2) is 10.7. The van der Waals surface area contributed by atoms with Gasteiger partial charge >= 0.3 is 0 Å². The fourth-order valence-corrected chi connectivity index (χ4v) is 2.95. The number of hydrogen-bond acceptors (Lipinski definition) is 6. The van der Waals surface area contributed by atoms with Gasteiger partial charge in [-0.15, -0.1) is 0 Å². The van der Waals surface area contributed by atoms with Gasteiger partial charge in [0.05, 0.1) is 21.3 Å². The predicted octanol–water partition coefficient (Wildman–Crippen LogP) is 3.83. The largest absolute Gasteiger partial charge is 0.508 e. The quantitative estimate of drug-likeness (QED) is 0.357. The van der Waals surface area contributed by atoms with Crippen LogP contribution >= 0.6 is 0 Å². The van der Waals surface area contributed by atoms with Crippen LogP contribution < -0.4 is 24.8 Å². The van der Waals surface area contributed by atoms with E-state index in [1.807, 2.05) is 0 Å². The van der Waals surface area contributed by atoms with E-state index in [4.69, 9.17) is 14.2 Å². The number of hydrogen-bond donors (Lipinski definition) is 3. The van der Waals surface area contributed by atoms with E-state index >= 15 is 0 Å². The van der Waals surface area contributed by atoms with E-state index in [0.717, 1.165) is 0 Å². The molecule has 170 valence electrons. The van der Waals surface area contributed by atoms with Gasteiger partial charge in [0, 0.05) is 11.3 Å². The van der Waals surface area contributed by atoms with Crippen molar-refractivity contribution in [1.82, 2.24) is 5.32 Å². The van der Waals surface area contributed by atoms with E-state index < -0.39 is 11.8 Å². The Kier molecular flexibility index (Phi) is 7.54. The van der Waals surface area contributed by atoms with Crippen LogP contribution in [-0.4, -0.2) is 38.3 Å². The Morgan fingerprint density at radius 1 is 0.818 bits per heavy atom. The molecule has 0 saturated heterocycles. The van der Waals surface area contributed by atoms with Gasteiger partial charge < -0.3 is 30.0 Å². The maximum absolute atomic E-state index is 13.0. The van der Waals surface area contributed by atoms with Gasteiger partial charge in [0.25, 0.3) is 11.8 Å². The van der Waals surface area contributed by atoms with Crippen LogP contribution in [0.3, 0.4) is 0 Å². The van der Waals surface area contributed by atoms with Crippen LogP contribution in [0.1, 0.15) is 15.9 Å². The van der Waals surface area contributed by atoms with Crippen molar-refractivity contribution >= 4 is 23.6 Å². The van der Waals surface area contributed by atoms with Crippen molar-refractivity contribution < 1.29 is 28.9 Å². The lowest BCUT2D eigenvalue weighted by Gasteiger charge is -2.13. The van der Waals surface area contributed by atoms with E-state index in [1.54, 1.807) is 54.6 Å². The fraction of sp³-hybridized carbons (Fsp3) is 0.120. The van der Waals surface area contributed by atoms with Gasteiger partial charge in [0.1, 0.15) is 17.2 Å². The monoisotopic (exact) mass is 448 g/mol. The molecule has 0 aliphatic heterocycles. The van der Waals surface area contributed by atoms with Crippen molar-refractivity contribution in [3.8, 4) is 23.0 Å². The lowest BCUT2D eigenvalue weighted by Crippen LogP contribution is -2.30. The van der Waals surface area contributed by atoms with Gasteiger partial charge in [-0.25, -0.2) is 0 Å². The lowest BCUT2D eigenvalue weighted by molar-refractivity contribution is -0.113. The van der Waals surface area contributed by atoms with Crippen LogP contribution in [0.2, 0.25) is 0 Å². The number of aromatic hydroxyl groups is 1. The van der Waals surface area contributed by atoms with Gasteiger partial charge in [-0.1, -0.05) is 6.07 Å². The molecule has 0 bridgehead atoms. The highest BCUT2D eigenvalue weighted by Gasteiger charge is 2.16. The molecule has 3 aromatic rings. The zero-order chi connectivity index (χ0) is 23.8. The number of ether oxygens (including phenoxy) is 3. The standard InChI is InChI=1S/C25H24N2O6/c1-31-20-11-5-17(6-12-20)24(29)27-21(25(30)26-18-7-9-19(28)10-8-18)14-16-4-13-22(32-2)23(15-16)33-3/h4-15,28H,1-3H3,(H,26,30)(H,27,29)/b21-14-. The molecule has 0 atom stereocenters. The number of benzene rings is 3. The summed E-state index contributed by atoms with van der Waals surface area (Å²) in [6.45, 7) is 0. The fourth-order valence-electron chi connectivity index (χ4n) is 2.95. The average molecular weight is 448 g/mol. The van der Waals surface area contributed by atoms with Crippen LogP contribution in [0.4, 0.5) is 5.69 Å². The maximum Gasteiger partial charge on any atom is 0.272 e. The summed E-state index contributed by atoms with van der Waals surface area (Å²) < 4.78 is 15.7. The van der Waals surface area contributed by atoms with E-state index in [-0.39, 0.29) is 11.4 Å². The summed E-state index contributed by atoms with van der Waals surface area (Å²) in [6.07, 6.45) is 1.53. The van der Waals surface area contributed by atoms with Crippen molar-refractivity contribution in [2.75, 3.05) is 26.6 Å². The number of carbonyl (C=O) groups excluding carboxylic acids is 2. The average Bonchev–Trinajstić information content (AvgIpc) is 2.84. The second-order valence-corrected chi connectivity index (χ2v) is 6.86. The first-order valence-corrected chi connectivity index (χ1v) is 9.93. The molecule has 0 fully saturated rings. The van der Waals surface area contributed by atoms with Gasteiger partial charge in [-0.2, -0.15) is 0 Å². The first-order valence-electron chi connectivity index (χ1n) is 9.93. The number of anilines is 1. The highest BCUT2D eigenvalue weighted by molar-refractivity contribution is 6.10. The Morgan fingerprint density at radius 3 is 2.09 bits per heavy atom. The molecule has 8 heteroatoms. The molecule has 0 unspecified atom stereocenters. The zero-order valence-corrected chi connectivity index (χ0v) is 18.4. The van der Waals surface area contributed by atoms with Gasteiger partial charge in [0.15, 0.2) is 11.5 Å². The maximum atomic E-state index is 13.0. The Hall–Kier alpha value is -4.46. The third-order valence-electron chi connectivity index (χ3n) is 4.69. The minimum atomic E-state index is -0.544. The Labute approximate surface area is 191 Å². The molecular weight excluding hydrogens is 424 g/mol. The highest BCUT2D eigenvalue weighted by atomic mass is 16.5. The molecule has 2 amide bonds. The number of methoxy groups -OCH3 is 3. The van der Waals surface area contributed by atoms with Gasteiger partial charge in [-0.05, 0) is 72.3 Å². The molecule has 0 aromatic heterocycles. The summed E-state index contributed by atoms with van der Waals surface area (Å²) in [5.74, 6) is 0.681. The third-order valence-corrected chi connectivity index (χ3v) is 4.69. The Bertz CT molecular complexity index is 1150. The number of amides is 2.